The second-order valence-electron chi connectivity index (χ2n) is 7.98. The van der Waals surface area contributed by atoms with Gasteiger partial charge in [-0.1, -0.05) is 36.4 Å². The van der Waals surface area contributed by atoms with Gasteiger partial charge in [0.1, 0.15) is 34.7 Å². The van der Waals surface area contributed by atoms with E-state index in [0.717, 1.165) is 10.7 Å². The summed E-state index contributed by atoms with van der Waals surface area (Å²) in [4.78, 5) is 24.5. The number of hydrogen-bond donors (Lipinski definition) is 3. The molecule has 1 aromatic heterocycles. The standard InChI is InChI=1S/C24H22F3N5O3/c1-35-17-9-8-15(25)11-16(17)23(34)30-12-13-4-6-14(7-5-13)20-19(22(29)33)21(28)32(31-20)18-3-2-10-24(18,26)27/h2-9,11,18H,10,12,28H2,1H3,(H2,29,33)(H,30,34). The van der Waals surface area contributed by atoms with Crippen LogP contribution in [0.4, 0.5) is 19.0 Å². The summed E-state index contributed by atoms with van der Waals surface area (Å²) in [6.07, 6.45) is 2.16. The summed E-state index contributed by atoms with van der Waals surface area (Å²) >= 11 is 0. The molecule has 0 bridgehead atoms. The van der Waals surface area contributed by atoms with E-state index in [0.29, 0.717) is 11.1 Å². The molecule has 2 aromatic carbocycles. The first kappa shape index (κ1) is 23.9. The molecule has 35 heavy (non-hydrogen) atoms. The van der Waals surface area contributed by atoms with Crippen molar-refractivity contribution in [3.63, 3.8) is 0 Å². The van der Waals surface area contributed by atoms with Crippen LogP contribution in [0.15, 0.2) is 54.6 Å². The molecule has 1 atom stereocenters. The van der Waals surface area contributed by atoms with Crippen molar-refractivity contribution < 1.29 is 27.5 Å². The third-order valence-electron chi connectivity index (χ3n) is 5.69. The summed E-state index contributed by atoms with van der Waals surface area (Å²) in [5.41, 5.74) is 12.5. The molecule has 5 N–H and O–H groups in total. The number of nitrogens with two attached hydrogens (primary N) is 2. The molecule has 8 nitrogen and oxygen atoms in total. The Morgan fingerprint density at radius 2 is 1.94 bits per heavy atom. The van der Waals surface area contributed by atoms with Crippen LogP contribution < -0.4 is 21.5 Å². The number of ether oxygens (including phenoxy) is 1. The third-order valence-corrected chi connectivity index (χ3v) is 5.69. The van der Waals surface area contributed by atoms with E-state index in [9.17, 15) is 22.8 Å². The predicted octanol–water partition coefficient (Wildman–Crippen LogP) is 3.45. The van der Waals surface area contributed by atoms with Crippen molar-refractivity contribution in [2.45, 2.75) is 24.9 Å². The van der Waals surface area contributed by atoms with E-state index in [4.69, 9.17) is 16.2 Å². The average Bonchev–Trinajstić information content (AvgIpc) is 3.35. The molecular weight excluding hydrogens is 463 g/mol. The van der Waals surface area contributed by atoms with E-state index in [1.165, 1.54) is 31.4 Å². The van der Waals surface area contributed by atoms with Crippen molar-refractivity contribution in [3.05, 3.63) is 77.1 Å². The molecule has 0 saturated carbocycles. The second-order valence-corrected chi connectivity index (χ2v) is 7.98. The van der Waals surface area contributed by atoms with Crippen LogP contribution in [0.5, 0.6) is 5.75 Å². The molecule has 4 rings (SSSR count). The number of aromatic nitrogens is 2. The number of rotatable bonds is 7. The summed E-state index contributed by atoms with van der Waals surface area (Å²) in [5.74, 6) is -5.11. The van der Waals surface area contributed by atoms with E-state index in [2.05, 4.69) is 10.4 Å². The van der Waals surface area contributed by atoms with Gasteiger partial charge < -0.3 is 21.5 Å². The number of nitrogens with zero attached hydrogens (tertiary/aromatic N) is 2. The van der Waals surface area contributed by atoms with E-state index < -0.39 is 36.0 Å². The van der Waals surface area contributed by atoms with Crippen LogP contribution in [0, 0.1) is 5.82 Å². The minimum Gasteiger partial charge on any atom is -0.496 e. The minimum atomic E-state index is -3.10. The molecule has 182 valence electrons. The Kier molecular flexibility index (Phi) is 6.25. The zero-order chi connectivity index (χ0) is 25.3. The maximum Gasteiger partial charge on any atom is 0.277 e. The van der Waals surface area contributed by atoms with Gasteiger partial charge in [0.2, 0.25) is 0 Å². The minimum absolute atomic E-state index is 0.0500. The first-order valence-electron chi connectivity index (χ1n) is 10.6. The number of nitrogens with one attached hydrogen (secondary N) is 1. The zero-order valence-electron chi connectivity index (χ0n) is 18.6. The number of carbonyl (C=O) groups is 2. The van der Waals surface area contributed by atoms with Crippen LogP contribution in [0.1, 0.15) is 38.7 Å². The highest BCUT2D eigenvalue weighted by Gasteiger charge is 2.44. The quantitative estimate of drug-likeness (QED) is 0.442. The molecule has 0 spiro atoms. The van der Waals surface area contributed by atoms with Crippen LogP contribution in [0.3, 0.4) is 0 Å². The van der Waals surface area contributed by atoms with Crippen molar-refractivity contribution in [2.75, 3.05) is 12.8 Å². The number of primary amides is 1. The molecule has 0 radical (unpaired) electrons. The lowest BCUT2D eigenvalue weighted by molar-refractivity contribution is -0.0251. The number of allylic oxidation sites excluding steroid dienone is 2. The van der Waals surface area contributed by atoms with Gasteiger partial charge in [-0.25, -0.2) is 17.9 Å². The number of methoxy groups -OCH3 is 1. The van der Waals surface area contributed by atoms with E-state index in [1.807, 2.05) is 0 Å². The lowest BCUT2D eigenvalue weighted by Gasteiger charge is -2.20. The van der Waals surface area contributed by atoms with Crippen molar-refractivity contribution in [1.29, 1.82) is 0 Å². The Balaban J connectivity index is 1.56. The first-order chi connectivity index (χ1) is 16.6. The molecule has 1 aliphatic carbocycles. The molecule has 0 fully saturated rings. The van der Waals surface area contributed by atoms with Crippen molar-refractivity contribution in [3.8, 4) is 17.0 Å². The van der Waals surface area contributed by atoms with Crippen molar-refractivity contribution in [1.82, 2.24) is 15.1 Å². The molecule has 2 amide bonds. The highest BCUT2D eigenvalue weighted by atomic mass is 19.3. The summed E-state index contributed by atoms with van der Waals surface area (Å²) in [6.45, 7) is 0.108. The van der Waals surface area contributed by atoms with Crippen LogP contribution in [0.25, 0.3) is 11.3 Å². The molecule has 0 saturated heterocycles. The summed E-state index contributed by atoms with van der Waals surface area (Å²) < 4.78 is 48.1. The van der Waals surface area contributed by atoms with Crippen LogP contribution in [-0.4, -0.2) is 34.6 Å². The van der Waals surface area contributed by atoms with E-state index in [1.54, 1.807) is 24.3 Å². The molecule has 1 aliphatic rings. The van der Waals surface area contributed by atoms with Gasteiger partial charge in [0.05, 0.1) is 12.7 Å². The largest absolute Gasteiger partial charge is 0.496 e. The van der Waals surface area contributed by atoms with Gasteiger partial charge in [-0.2, -0.15) is 5.10 Å². The summed E-state index contributed by atoms with van der Waals surface area (Å²) in [5, 5.41) is 6.87. The number of alkyl halides is 2. The fourth-order valence-electron chi connectivity index (χ4n) is 3.90. The van der Waals surface area contributed by atoms with Gasteiger partial charge in [0.15, 0.2) is 0 Å². The topological polar surface area (TPSA) is 125 Å². The number of halogens is 3. The molecule has 11 heteroatoms. The highest BCUT2D eigenvalue weighted by Crippen LogP contribution is 2.41. The lowest BCUT2D eigenvalue weighted by atomic mass is 10.0. The average molecular weight is 485 g/mol. The van der Waals surface area contributed by atoms with Gasteiger partial charge in [0.25, 0.3) is 17.7 Å². The molecule has 0 aliphatic heterocycles. The number of hydrogen-bond acceptors (Lipinski definition) is 5. The maximum absolute atomic E-state index is 14.3. The second kappa shape index (κ2) is 9.16. The molecule has 1 unspecified atom stereocenters. The Morgan fingerprint density at radius 1 is 1.23 bits per heavy atom. The van der Waals surface area contributed by atoms with Crippen LogP contribution >= 0.6 is 0 Å². The Hall–Kier alpha value is -4.28. The fraction of sp³-hybridized carbons (Fsp3) is 0.208. The number of anilines is 1. The van der Waals surface area contributed by atoms with Crippen molar-refractivity contribution >= 4 is 17.6 Å². The summed E-state index contributed by atoms with van der Waals surface area (Å²) in [6, 6.07) is 8.71. The van der Waals surface area contributed by atoms with Gasteiger partial charge in [-0.15, -0.1) is 0 Å². The number of benzene rings is 2. The van der Waals surface area contributed by atoms with Crippen LogP contribution in [-0.2, 0) is 6.54 Å². The van der Waals surface area contributed by atoms with Gasteiger partial charge in [-0.3, -0.25) is 9.59 Å². The third kappa shape index (κ3) is 4.57. The molecule has 3 aromatic rings. The fourth-order valence-corrected chi connectivity index (χ4v) is 3.90. The van der Waals surface area contributed by atoms with E-state index >= 15 is 0 Å². The number of nitrogen functional groups attached to an aromatic ring is 1. The Labute approximate surface area is 198 Å². The Bertz CT molecular complexity index is 1320. The zero-order valence-corrected chi connectivity index (χ0v) is 18.6. The normalized spacial score (nSPS) is 16.3. The van der Waals surface area contributed by atoms with Crippen molar-refractivity contribution in [2.24, 2.45) is 5.73 Å². The number of amides is 2. The molecular formula is C24H22F3N5O3. The van der Waals surface area contributed by atoms with Gasteiger partial charge in [0, 0.05) is 18.5 Å². The maximum atomic E-state index is 14.3. The Morgan fingerprint density at radius 3 is 2.54 bits per heavy atom. The van der Waals surface area contributed by atoms with Crippen LogP contribution in [0.2, 0.25) is 0 Å². The van der Waals surface area contributed by atoms with E-state index in [-0.39, 0.29) is 34.9 Å². The first-order valence-corrected chi connectivity index (χ1v) is 10.6. The molecule has 1 heterocycles. The predicted molar refractivity (Wildman–Crippen MR) is 122 cm³/mol. The monoisotopic (exact) mass is 485 g/mol. The van der Waals surface area contributed by atoms with Gasteiger partial charge >= 0.3 is 0 Å². The van der Waals surface area contributed by atoms with Gasteiger partial charge in [-0.05, 0) is 23.8 Å². The lowest BCUT2D eigenvalue weighted by Crippen LogP contribution is -2.27. The number of carbonyl (C=O) groups excluding carboxylic acids is 2. The SMILES string of the molecule is COc1ccc(F)cc1C(=O)NCc1ccc(-c2nn(C3C=CCC3(F)F)c(N)c2C(N)=O)cc1. The summed E-state index contributed by atoms with van der Waals surface area (Å²) in [7, 11) is 1.38. The smallest absolute Gasteiger partial charge is 0.277 e. The highest BCUT2D eigenvalue weighted by molar-refractivity contribution is 6.03.